The SMILES string of the molecule is C=C(C=O)[C@@H](C(=O)OC)[C@@H](CCCCC)OC(C)=O. The van der Waals surface area contributed by atoms with E-state index in [1.165, 1.54) is 14.0 Å². The molecule has 0 fully saturated rings. The summed E-state index contributed by atoms with van der Waals surface area (Å²) in [5.74, 6) is -2.03. The number of unbranched alkanes of at least 4 members (excludes halogenated alkanes) is 2. The Morgan fingerprint density at radius 3 is 2.37 bits per heavy atom. The van der Waals surface area contributed by atoms with Gasteiger partial charge in [-0.2, -0.15) is 0 Å². The highest BCUT2D eigenvalue weighted by Gasteiger charge is 2.33. The third kappa shape index (κ3) is 6.18. The van der Waals surface area contributed by atoms with Crippen molar-refractivity contribution in [2.45, 2.75) is 45.6 Å². The first-order valence-electron chi connectivity index (χ1n) is 6.36. The van der Waals surface area contributed by atoms with E-state index in [1.807, 2.05) is 6.92 Å². The smallest absolute Gasteiger partial charge is 0.317 e. The predicted molar refractivity (Wildman–Crippen MR) is 70.4 cm³/mol. The fourth-order valence-electron chi connectivity index (χ4n) is 1.84. The Balaban J connectivity index is 4.98. The van der Waals surface area contributed by atoms with Crippen LogP contribution in [0.5, 0.6) is 0 Å². The summed E-state index contributed by atoms with van der Waals surface area (Å²) < 4.78 is 9.80. The van der Waals surface area contributed by atoms with Crippen LogP contribution in [0, 0.1) is 5.92 Å². The van der Waals surface area contributed by atoms with Crippen LogP contribution in [0.1, 0.15) is 39.5 Å². The van der Waals surface area contributed by atoms with Crippen molar-refractivity contribution in [2.75, 3.05) is 7.11 Å². The third-order valence-electron chi connectivity index (χ3n) is 2.79. The molecule has 0 aliphatic heterocycles. The van der Waals surface area contributed by atoms with Gasteiger partial charge in [-0.05, 0) is 12.8 Å². The van der Waals surface area contributed by atoms with Gasteiger partial charge >= 0.3 is 11.9 Å². The molecular weight excluding hydrogens is 248 g/mol. The topological polar surface area (TPSA) is 69.7 Å². The summed E-state index contributed by atoms with van der Waals surface area (Å²) >= 11 is 0. The van der Waals surface area contributed by atoms with Crippen LogP contribution >= 0.6 is 0 Å². The zero-order chi connectivity index (χ0) is 14.8. The van der Waals surface area contributed by atoms with Gasteiger partial charge in [0.25, 0.3) is 0 Å². The molecule has 19 heavy (non-hydrogen) atoms. The Hall–Kier alpha value is -1.65. The highest BCUT2D eigenvalue weighted by atomic mass is 16.6. The summed E-state index contributed by atoms with van der Waals surface area (Å²) in [5, 5.41) is 0. The van der Waals surface area contributed by atoms with E-state index in [0.29, 0.717) is 12.7 Å². The fourth-order valence-corrected chi connectivity index (χ4v) is 1.84. The van der Waals surface area contributed by atoms with Crippen LogP contribution in [-0.2, 0) is 23.9 Å². The van der Waals surface area contributed by atoms with Gasteiger partial charge < -0.3 is 9.47 Å². The van der Waals surface area contributed by atoms with Crippen molar-refractivity contribution in [1.82, 2.24) is 0 Å². The second kappa shape index (κ2) is 9.30. The van der Waals surface area contributed by atoms with Gasteiger partial charge in [-0.3, -0.25) is 14.4 Å². The molecule has 5 nitrogen and oxygen atoms in total. The Kier molecular flexibility index (Phi) is 8.49. The van der Waals surface area contributed by atoms with Crippen molar-refractivity contribution >= 4 is 18.2 Å². The van der Waals surface area contributed by atoms with E-state index in [4.69, 9.17) is 4.74 Å². The fraction of sp³-hybridized carbons (Fsp3) is 0.643. The lowest BCUT2D eigenvalue weighted by Gasteiger charge is -2.24. The average Bonchev–Trinajstić information content (AvgIpc) is 2.37. The summed E-state index contributed by atoms with van der Waals surface area (Å²) in [6.45, 7) is 6.85. The first-order chi connectivity index (χ1) is 8.97. The Bertz CT molecular complexity index is 335. The molecule has 0 radical (unpaired) electrons. The molecule has 0 N–H and O–H groups in total. The molecule has 0 spiro atoms. The molecule has 0 aliphatic rings. The minimum Gasteiger partial charge on any atom is -0.468 e. The lowest BCUT2D eigenvalue weighted by Crippen LogP contribution is -2.34. The molecule has 0 heterocycles. The molecule has 0 aromatic rings. The van der Waals surface area contributed by atoms with Gasteiger partial charge in [-0.15, -0.1) is 0 Å². The zero-order valence-corrected chi connectivity index (χ0v) is 11.8. The van der Waals surface area contributed by atoms with E-state index in [2.05, 4.69) is 11.3 Å². The van der Waals surface area contributed by atoms with Gasteiger partial charge in [0.15, 0.2) is 0 Å². The van der Waals surface area contributed by atoms with Crippen molar-refractivity contribution in [3.63, 3.8) is 0 Å². The maximum Gasteiger partial charge on any atom is 0.317 e. The molecule has 0 aromatic heterocycles. The minimum absolute atomic E-state index is 0.0644. The molecule has 0 bridgehead atoms. The number of rotatable bonds is 9. The largest absolute Gasteiger partial charge is 0.468 e. The van der Waals surface area contributed by atoms with Crippen molar-refractivity contribution in [2.24, 2.45) is 5.92 Å². The lowest BCUT2D eigenvalue weighted by atomic mass is 9.91. The predicted octanol–water partition coefficient (Wildman–Crippen LogP) is 2.04. The quantitative estimate of drug-likeness (QED) is 0.277. The number of esters is 2. The molecule has 5 heteroatoms. The van der Waals surface area contributed by atoms with E-state index >= 15 is 0 Å². The molecule has 108 valence electrons. The molecule has 2 atom stereocenters. The van der Waals surface area contributed by atoms with E-state index in [9.17, 15) is 14.4 Å². The van der Waals surface area contributed by atoms with Crippen LogP contribution < -0.4 is 0 Å². The van der Waals surface area contributed by atoms with Crippen molar-refractivity contribution < 1.29 is 23.9 Å². The highest BCUT2D eigenvalue weighted by Crippen LogP contribution is 2.22. The van der Waals surface area contributed by atoms with Gasteiger partial charge in [0.05, 0.1) is 7.11 Å². The van der Waals surface area contributed by atoms with E-state index in [1.54, 1.807) is 0 Å². The Morgan fingerprint density at radius 2 is 1.95 bits per heavy atom. The summed E-state index contributed by atoms with van der Waals surface area (Å²) in [6.07, 6.45) is 3.06. The highest BCUT2D eigenvalue weighted by molar-refractivity contribution is 5.87. The van der Waals surface area contributed by atoms with Gasteiger partial charge in [0.2, 0.25) is 0 Å². The van der Waals surface area contributed by atoms with Crippen LogP contribution in [0.2, 0.25) is 0 Å². The number of hydrogen-bond acceptors (Lipinski definition) is 5. The minimum atomic E-state index is -0.928. The van der Waals surface area contributed by atoms with Crippen LogP contribution in [0.3, 0.4) is 0 Å². The molecule has 0 saturated carbocycles. The molecule has 0 rings (SSSR count). The molecule has 0 amide bonds. The number of carbonyl (C=O) groups is 3. The number of carbonyl (C=O) groups excluding carboxylic acids is 3. The third-order valence-corrected chi connectivity index (χ3v) is 2.79. The number of methoxy groups -OCH3 is 1. The summed E-state index contributed by atoms with van der Waals surface area (Å²) in [4.78, 5) is 33.7. The van der Waals surface area contributed by atoms with Crippen molar-refractivity contribution in [3.05, 3.63) is 12.2 Å². The van der Waals surface area contributed by atoms with Gasteiger partial charge in [-0.25, -0.2) is 0 Å². The molecular formula is C14H22O5. The van der Waals surface area contributed by atoms with E-state index < -0.39 is 24.0 Å². The maximum atomic E-state index is 11.7. The van der Waals surface area contributed by atoms with E-state index in [0.717, 1.165) is 19.3 Å². The molecule has 0 saturated heterocycles. The van der Waals surface area contributed by atoms with Crippen LogP contribution in [0.15, 0.2) is 12.2 Å². The number of ether oxygens (including phenoxy) is 2. The van der Waals surface area contributed by atoms with E-state index in [-0.39, 0.29) is 5.57 Å². The van der Waals surface area contributed by atoms with Gasteiger partial charge in [0.1, 0.15) is 18.3 Å². The van der Waals surface area contributed by atoms with Gasteiger partial charge in [0, 0.05) is 12.5 Å². The average molecular weight is 270 g/mol. The number of aldehydes is 1. The standard InChI is InChI=1S/C14H22O5/c1-5-6-7-8-12(19-11(3)16)13(10(2)9-15)14(17)18-4/h9,12-13H,2,5-8H2,1,3-4H3/t12-,13-/m1/s1. The van der Waals surface area contributed by atoms with Crippen molar-refractivity contribution in [3.8, 4) is 0 Å². The summed E-state index contributed by atoms with van der Waals surface area (Å²) in [5.41, 5.74) is 0.0644. The van der Waals surface area contributed by atoms with Gasteiger partial charge in [-0.1, -0.05) is 26.3 Å². The molecule has 0 aliphatic carbocycles. The first kappa shape index (κ1) is 17.4. The second-order valence-electron chi connectivity index (χ2n) is 4.34. The summed E-state index contributed by atoms with van der Waals surface area (Å²) in [6, 6.07) is 0. The van der Waals surface area contributed by atoms with Crippen LogP contribution in [0.4, 0.5) is 0 Å². The first-order valence-corrected chi connectivity index (χ1v) is 6.36. The molecule has 0 unspecified atom stereocenters. The van der Waals surface area contributed by atoms with Crippen LogP contribution in [0.25, 0.3) is 0 Å². The number of hydrogen-bond donors (Lipinski definition) is 0. The maximum absolute atomic E-state index is 11.7. The summed E-state index contributed by atoms with van der Waals surface area (Å²) in [7, 11) is 1.23. The molecule has 0 aromatic carbocycles. The van der Waals surface area contributed by atoms with Crippen LogP contribution in [-0.4, -0.2) is 31.4 Å². The monoisotopic (exact) mass is 270 g/mol. The Labute approximate surface area is 114 Å². The zero-order valence-electron chi connectivity index (χ0n) is 11.8. The lowest BCUT2D eigenvalue weighted by molar-refractivity contribution is -0.157. The Morgan fingerprint density at radius 1 is 1.32 bits per heavy atom. The second-order valence-corrected chi connectivity index (χ2v) is 4.34. The van der Waals surface area contributed by atoms with Crippen molar-refractivity contribution in [1.29, 1.82) is 0 Å². The normalized spacial score (nSPS) is 13.2.